The number of fused-ring (bicyclic) bond motifs is 1. The van der Waals surface area contributed by atoms with E-state index in [0.717, 1.165) is 24.4 Å². The van der Waals surface area contributed by atoms with Crippen molar-refractivity contribution in [2.75, 3.05) is 12.0 Å². The fourth-order valence-corrected chi connectivity index (χ4v) is 3.76. The van der Waals surface area contributed by atoms with E-state index in [1.54, 1.807) is 18.2 Å². The standard InChI is InChI=1S/C17H11FN2O4S/c1-24-17(21)11-3-2-4-13(7-11)20-10-14(9-19)25(22,23)16-6-5-12(18)8-15(16)20/h2-8,10H,1H3. The topological polar surface area (TPSA) is 87.5 Å². The summed E-state index contributed by atoms with van der Waals surface area (Å²) in [6.07, 6.45) is 1.10. The number of rotatable bonds is 2. The Morgan fingerprint density at radius 1 is 1.24 bits per heavy atom. The normalized spacial score (nSPS) is 14.9. The van der Waals surface area contributed by atoms with E-state index in [1.807, 2.05) is 0 Å². The summed E-state index contributed by atoms with van der Waals surface area (Å²) < 4.78 is 43.2. The Balaban J connectivity index is 2.25. The molecule has 2 aromatic rings. The van der Waals surface area contributed by atoms with Crippen LogP contribution in [0.25, 0.3) is 0 Å². The van der Waals surface area contributed by atoms with Crippen molar-refractivity contribution < 1.29 is 22.3 Å². The van der Waals surface area contributed by atoms with Crippen LogP contribution in [0.15, 0.2) is 58.5 Å². The highest BCUT2D eigenvalue weighted by Crippen LogP contribution is 2.39. The lowest BCUT2D eigenvalue weighted by atomic mass is 10.1. The predicted molar refractivity (Wildman–Crippen MR) is 87.2 cm³/mol. The number of benzene rings is 2. The van der Waals surface area contributed by atoms with Crippen molar-refractivity contribution in [3.8, 4) is 6.07 Å². The zero-order valence-electron chi connectivity index (χ0n) is 12.9. The van der Waals surface area contributed by atoms with E-state index in [2.05, 4.69) is 4.74 Å². The number of hydrogen-bond acceptors (Lipinski definition) is 6. The highest BCUT2D eigenvalue weighted by molar-refractivity contribution is 7.95. The molecule has 0 atom stereocenters. The third-order valence-electron chi connectivity index (χ3n) is 3.66. The fourth-order valence-electron chi connectivity index (χ4n) is 2.48. The highest BCUT2D eigenvalue weighted by Gasteiger charge is 2.32. The molecule has 25 heavy (non-hydrogen) atoms. The second-order valence-electron chi connectivity index (χ2n) is 5.13. The number of allylic oxidation sites excluding steroid dienone is 1. The zero-order chi connectivity index (χ0) is 18.2. The van der Waals surface area contributed by atoms with Gasteiger partial charge in [-0.2, -0.15) is 5.26 Å². The van der Waals surface area contributed by atoms with Gasteiger partial charge >= 0.3 is 5.97 Å². The molecule has 0 spiro atoms. The van der Waals surface area contributed by atoms with Gasteiger partial charge in [-0.3, -0.25) is 0 Å². The van der Waals surface area contributed by atoms with Crippen molar-refractivity contribution in [3.05, 3.63) is 65.0 Å². The summed E-state index contributed by atoms with van der Waals surface area (Å²) in [7, 11) is -2.78. The third kappa shape index (κ3) is 2.75. The number of hydrogen-bond donors (Lipinski definition) is 0. The number of nitriles is 1. The monoisotopic (exact) mass is 358 g/mol. The molecule has 8 heteroatoms. The van der Waals surface area contributed by atoms with Crippen LogP contribution in [0.4, 0.5) is 15.8 Å². The van der Waals surface area contributed by atoms with E-state index >= 15 is 0 Å². The Labute approximate surface area is 143 Å². The maximum absolute atomic E-state index is 13.7. The summed E-state index contributed by atoms with van der Waals surface area (Å²) in [6, 6.07) is 11.0. The van der Waals surface area contributed by atoms with Crippen LogP contribution in [-0.4, -0.2) is 21.5 Å². The van der Waals surface area contributed by atoms with Gasteiger partial charge in [-0.05, 0) is 36.4 Å². The van der Waals surface area contributed by atoms with Crippen LogP contribution in [0.5, 0.6) is 0 Å². The molecule has 0 saturated carbocycles. The average Bonchev–Trinajstić information content (AvgIpc) is 2.61. The maximum atomic E-state index is 13.7. The number of esters is 1. The lowest BCUT2D eigenvalue weighted by Gasteiger charge is -2.27. The van der Waals surface area contributed by atoms with Crippen molar-refractivity contribution in [1.82, 2.24) is 0 Å². The van der Waals surface area contributed by atoms with Gasteiger partial charge in [0.25, 0.3) is 0 Å². The zero-order valence-corrected chi connectivity index (χ0v) is 13.7. The lowest BCUT2D eigenvalue weighted by Crippen LogP contribution is -2.21. The Morgan fingerprint density at radius 2 is 2.00 bits per heavy atom. The predicted octanol–water partition coefficient (Wildman–Crippen LogP) is 2.90. The summed E-state index contributed by atoms with van der Waals surface area (Å²) in [5.41, 5.74) is 0.678. The second-order valence-corrected chi connectivity index (χ2v) is 7.02. The molecule has 0 unspecified atom stereocenters. The molecule has 2 aromatic carbocycles. The molecule has 1 aliphatic heterocycles. The van der Waals surface area contributed by atoms with Crippen molar-refractivity contribution in [2.45, 2.75) is 4.90 Å². The SMILES string of the molecule is COC(=O)c1cccc(N2C=C(C#N)S(=O)(=O)c3ccc(F)cc32)c1. The van der Waals surface area contributed by atoms with Crippen LogP contribution in [0.1, 0.15) is 10.4 Å². The number of methoxy groups -OCH3 is 1. The van der Waals surface area contributed by atoms with Gasteiger partial charge in [0.2, 0.25) is 9.84 Å². The van der Waals surface area contributed by atoms with Gasteiger partial charge in [0.1, 0.15) is 11.9 Å². The number of sulfone groups is 1. The largest absolute Gasteiger partial charge is 0.465 e. The molecule has 0 radical (unpaired) electrons. The molecular weight excluding hydrogens is 347 g/mol. The summed E-state index contributed by atoms with van der Waals surface area (Å²) in [5, 5.41) is 9.18. The Kier molecular flexibility index (Phi) is 4.02. The Morgan fingerprint density at radius 3 is 2.68 bits per heavy atom. The van der Waals surface area contributed by atoms with E-state index in [1.165, 1.54) is 24.1 Å². The molecule has 0 fully saturated rings. The molecule has 0 aromatic heterocycles. The molecule has 3 rings (SSSR count). The first-order valence-electron chi connectivity index (χ1n) is 7.02. The number of carbonyl (C=O) groups excluding carboxylic acids is 1. The quantitative estimate of drug-likeness (QED) is 0.606. The number of anilines is 2. The van der Waals surface area contributed by atoms with Crippen LogP contribution >= 0.6 is 0 Å². The first kappa shape index (κ1) is 16.7. The first-order valence-corrected chi connectivity index (χ1v) is 8.51. The van der Waals surface area contributed by atoms with Gasteiger partial charge < -0.3 is 9.64 Å². The van der Waals surface area contributed by atoms with Crippen LogP contribution in [0, 0.1) is 17.1 Å². The van der Waals surface area contributed by atoms with E-state index < -0.39 is 26.5 Å². The number of halogens is 1. The van der Waals surface area contributed by atoms with Gasteiger partial charge in [0.15, 0.2) is 4.91 Å². The Bertz CT molecular complexity index is 1050. The van der Waals surface area contributed by atoms with Crippen LogP contribution in [-0.2, 0) is 14.6 Å². The summed E-state index contributed by atoms with van der Waals surface area (Å²) in [5.74, 6) is -1.20. The maximum Gasteiger partial charge on any atom is 0.337 e. The van der Waals surface area contributed by atoms with Gasteiger partial charge in [-0.25, -0.2) is 17.6 Å². The third-order valence-corrected chi connectivity index (χ3v) is 5.36. The second kappa shape index (κ2) is 6.03. The van der Waals surface area contributed by atoms with Crippen LogP contribution < -0.4 is 4.90 Å². The first-order chi connectivity index (χ1) is 11.9. The highest BCUT2D eigenvalue weighted by atomic mass is 32.2. The molecular formula is C17H11FN2O4S. The van der Waals surface area contributed by atoms with Gasteiger partial charge in [0.05, 0.1) is 23.3 Å². The summed E-state index contributed by atoms with van der Waals surface area (Å²) in [6.45, 7) is 0. The minimum absolute atomic E-state index is 0.0565. The van der Waals surface area contributed by atoms with Crippen molar-refractivity contribution in [3.63, 3.8) is 0 Å². The molecule has 0 bridgehead atoms. The number of carbonyl (C=O) groups is 1. The van der Waals surface area contributed by atoms with Gasteiger partial charge in [-0.15, -0.1) is 0 Å². The molecule has 126 valence electrons. The molecule has 1 heterocycles. The summed E-state index contributed by atoms with van der Waals surface area (Å²) >= 11 is 0. The molecule has 6 nitrogen and oxygen atoms in total. The molecule has 0 N–H and O–H groups in total. The average molecular weight is 358 g/mol. The lowest BCUT2D eigenvalue weighted by molar-refractivity contribution is 0.0600. The van der Waals surface area contributed by atoms with Gasteiger partial charge in [-0.1, -0.05) is 6.07 Å². The molecule has 0 aliphatic carbocycles. The Hall–Kier alpha value is -3.18. The minimum atomic E-state index is -4.02. The van der Waals surface area contributed by atoms with E-state index in [0.29, 0.717) is 5.69 Å². The number of ether oxygens (including phenoxy) is 1. The van der Waals surface area contributed by atoms with Crippen molar-refractivity contribution in [1.29, 1.82) is 5.26 Å². The van der Waals surface area contributed by atoms with Crippen LogP contribution in [0.2, 0.25) is 0 Å². The van der Waals surface area contributed by atoms with Gasteiger partial charge in [0, 0.05) is 11.9 Å². The van der Waals surface area contributed by atoms with E-state index in [4.69, 9.17) is 0 Å². The van der Waals surface area contributed by atoms with E-state index in [-0.39, 0.29) is 16.1 Å². The van der Waals surface area contributed by atoms with E-state index in [9.17, 15) is 22.9 Å². The number of nitrogens with zero attached hydrogens (tertiary/aromatic N) is 2. The smallest absolute Gasteiger partial charge is 0.337 e. The minimum Gasteiger partial charge on any atom is -0.465 e. The molecule has 1 aliphatic rings. The summed E-state index contributed by atoms with van der Waals surface area (Å²) in [4.78, 5) is 12.4. The molecule has 0 saturated heterocycles. The molecule has 0 amide bonds. The van der Waals surface area contributed by atoms with Crippen molar-refractivity contribution >= 4 is 27.2 Å². The fraction of sp³-hybridized carbons (Fsp3) is 0.0588. The van der Waals surface area contributed by atoms with Crippen LogP contribution in [0.3, 0.4) is 0 Å². The van der Waals surface area contributed by atoms with Crippen molar-refractivity contribution in [2.24, 2.45) is 0 Å².